The highest BCUT2D eigenvalue weighted by Gasteiger charge is 2.17. The summed E-state index contributed by atoms with van der Waals surface area (Å²) in [6.07, 6.45) is 0.387. The first-order valence-electron chi connectivity index (χ1n) is 4.60. The van der Waals surface area contributed by atoms with Gasteiger partial charge in [-0.3, -0.25) is 9.59 Å². The summed E-state index contributed by atoms with van der Waals surface area (Å²) in [5.74, 6) is -0.787. The Morgan fingerprint density at radius 2 is 1.93 bits per heavy atom. The van der Waals surface area contributed by atoms with Crippen LogP contribution in [0, 0.1) is 5.92 Å². The van der Waals surface area contributed by atoms with Crippen LogP contribution >= 0.6 is 0 Å². The second-order valence-electron chi connectivity index (χ2n) is 3.10. The minimum Gasteiger partial charge on any atom is -0.396 e. The van der Waals surface area contributed by atoms with Gasteiger partial charge in [0.15, 0.2) is 0 Å². The molecular formula is C9H17NO4. The first kappa shape index (κ1) is 13.1. The third-order valence-corrected chi connectivity index (χ3v) is 1.92. The summed E-state index contributed by atoms with van der Waals surface area (Å²) in [6.45, 7) is 1.39. The number of Topliss-reactive ketones (excluding diaryl/α,β-unsaturated/α-hetero) is 1. The van der Waals surface area contributed by atoms with E-state index in [2.05, 4.69) is 5.32 Å². The van der Waals surface area contributed by atoms with Gasteiger partial charge in [-0.05, 0) is 13.3 Å². The molecule has 0 spiro atoms. The molecule has 5 nitrogen and oxygen atoms in total. The fraction of sp³-hybridized carbons (Fsp3) is 0.778. The van der Waals surface area contributed by atoms with Crippen molar-refractivity contribution >= 4 is 11.7 Å². The minimum absolute atomic E-state index is 0.0793. The van der Waals surface area contributed by atoms with Crippen LogP contribution in [-0.4, -0.2) is 41.7 Å². The number of aliphatic hydroxyl groups excluding tert-OH is 2. The van der Waals surface area contributed by atoms with E-state index in [4.69, 9.17) is 10.2 Å². The van der Waals surface area contributed by atoms with Crippen LogP contribution in [0.2, 0.25) is 0 Å². The molecular weight excluding hydrogens is 186 g/mol. The van der Waals surface area contributed by atoms with Gasteiger partial charge in [-0.15, -0.1) is 0 Å². The van der Waals surface area contributed by atoms with Gasteiger partial charge in [-0.25, -0.2) is 0 Å². The maximum Gasteiger partial charge on any atom is 0.220 e. The molecule has 0 saturated heterocycles. The van der Waals surface area contributed by atoms with Crippen LogP contribution in [0.1, 0.15) is 19.8 Å². The highest BCUT2D eigenvalue weighted by atomic mass is 16.3. The van der Waals surface area contributed by atoms with E-state index in [9.17, 15) is 9.59 Å². The Balaban J connectivity index is 3.90. The maximum absolute atomic E-state index is 11.1. The number of ketones is 1. The molecule has 3 N–H and O–H groups in total. The van der Waals surface area contributed by atoms with Gasteiger partial charge in [0, 0.05) is 25.5 Å². The molecule has 0 aliphatic carbocycles. The van der Waals surface area contributed by atoms with Crippen molar-refractivity contribution in [1.29, 1.82) is 0 Å². The van der Waals surface area contributed by atoms with Crippen molar-refractivity contribution in [1.82, 2.24) is 5.32 Å². The van der Waals surface area contributed by atoms with E-state index in [1.54, 1.807) is 0 Å². The molecule has 14 heavy (non-hydrogen) atoms. The largest absolute Gasteiger partial charge is 0.396 e. The van der Waals surface area contributed by atoms with Crippen LogP contribution in [0.15, 0.2) is 0 Å². The smallest absolute Gasteiger partial charge is 0.220 e. The lowest BCUT2D eigenvalue weighted by Crippen LogP contribution is -2.30. The summed E-state index contributed by atoms with van der Waals surface area (Å²) in [5.41, 5.74) is 0. The van der Waals surface area contributed by atoms with Crippen LogP contribution in [0.5, 0.6) is 0 Å². The molecule has 82 valence electrons. The lowest BCUT2D eigenvalue weighted by atomic mass is 9.97. The average molecular weight is 203 g/mol. The highest BCUT2D eigenvalue weighted by Crippen LogP contribution is 2.09. The molecule has 0 heterocycles. The topological polar surface area (TPSA) is 86.6 Å². The van der Waals surface area contributed by atoms with Gasteiger partial charge in [-0.1, -0.05) is 0 Å². The maximum atomic E-state index is 11.1. The molecule has 1 amide bonds. The molecule has 0 aliphatic rings. The summed E-state index contributed by atoms with van der Waals surface area (Å²) in [7, 11) is 0. The first-order chi connectivity index (χ1) is 6.61. The lowest BCUT2D eigenvalue weighted by Gasteiger charge is -2.11. The standard InChI is InChI=1S/C9H17NO4/c1-7(13)8(2-4-11)6-9(14)10-3-5-12/h8,11-12H,2-6H2,1H3,(H,10,14). The number of carbonyl (C=O) groups is 2. The minimum atomic E-state index is -0.418. The molecule has 1 unspecified atom stereocenters. The Hall–Kier alpha value is -0.940. The van der Waals surface area contributed by atoms with Crippen molar-refractivity contribution in [2.75, 3.05) is 19.8 Å². The number of amides is 1. The van der Waals surface area contributed by atoms with Crippen molar-refractivity contribution in [2.45, 2.75) is 19.8 Å². The fourth-order valence-corrected chi connectivity index (χ4v) is 1.10. The predicted octanol–water partition coefficient (Wildman–Crippen LogP) is -0.927. The Labute approximate surface area is 83.1 Å². The second-order valence-corrected chi connectivity index (χ2v) is 3.10. The van der Waals surface area contributed by atoms with E-state index in [-0.39, 0.29) is 37.9 Å². The fourth-order valence-electron chi connectivity index (χ4n) is 1.10. The molecule has 1 atom stereocenters. The normalized spacial score (nSPS) is 12.2. The van der Waals surface area contributed by atoms with Crippen molar-refractivity contribution in [3.8, 4) is 0 Å². The number of carbonyl (C=O) groups excluding carboxylic acids is 2. The van der Waals surface area contributed by atoms with Crippen LogP contribution < -0.4 is 5.32 Å². The van der Waals surface area contributed by atoms with Crippen molar-refractivity contribution in [3.05, 3.63) is 0 Å². The molecule has 0 aromatic carbocycles. The molecule has 0 aliphatic heterocycles. The van der Waals surface area contributed by atoms with Crippen LogP contribution in [-0.2, 0) is 9.59 Å². The zero-order valence-electron chi connectivity index (χ0n) is 8.32. The van der Waals surface area contributed by atoms with E-state index in [1.165, 1.54) is 6.92 Å². The SMILES string of the molecule is CC(=O)C(CCO)CC(=O)NCCO. The summed E-state index contributed by atoms with van der Waals surface area (Å²) in [4.78, 5) is 22.1. The Morgan fingerprint density at radius 3 is 2.36 bits per heavy atom. The number of rotatable bonds is 7. The second kappa shape index (κ2) is 7.46. The molecule has 0 saturated carbocycles. The molecule has 0 rings (SSSR count). The summed E-state index contributed by atoms with van der Waals surface area (Å²) >= 11 is 0. The van der Waals surface area contributed by atoms with E-state index in [0.717, 1.165) is 0 Å². The quantitative estimate of drug-likeness (QED) is 0.499. The molecule has 0 aromatic rings. The van der Waals surface area contributed by atoms with Crippen molar-refractivity contribution in [3.63, 3.8) is 0 Å². The predicted molar refractivity (Wildman–Crippen MR) is 50.6 cm³/mol. The molecule has 5 heteroatoms. The molecule has 0 radical (unpaired) electrons. The monoisotopic (exact) mass is 203 g/mol. The molecule has 0 bridgehead atoms. The summed E-state index contributed by atoms with van der Waals surface area (Å²) in [6, 6.07) is 0. The summed E-state index contributed by atoms with van der Waals surface area (Å²) in [5, 5.41) is 19.5. The third-order valence-electron chi connectivity index (χ3n) is 1.92. The van der Waals surface area contributed by atoms with Gasteiger partial charge in [0.05, 0.1) is 6.61 Å². The van der Waals surface area contributed by atoms with Crippen LogP contribution in [0.25, 0.3) is 0 Å². The Bertz CT molecular complexity index is 193. The van der Waals surface area contributed by atoms with Crippen molar-refractivity contribution in [2.24, 2.45) is 5.92 Å². The highest BCUT2D eigenvalue weighted by molar-refractivity contribution is 5.85. The van der Waals surface area contributed by atoms with Crippen LogP contribution in [0.3, 0.4) is 0 Å². The molecule has 0 fully saturated rings. The lowest BCUT2D eigenvalue weighted by molar-refractivity contribution is -0.128. The first-order valence-corrected chi connectivity index (χ1v) is 4.60. The zero-order chi connectivity index (χ0) is 11.0. The third kappa shape index (κ3) is 5.66. The van der Waals surface area contributed by atoms with E-state index in [1.807, 2.05) is 0 Å². The van der Waals surface area contributed by atoms with Crippen LogP contribution in [0.4, 0.5) is 0 Å². The summed E-state index contributed by atoms with van der Waals surface area (Å²) < 4.78 is 0. The number of hydrogen-bond acceptors (Lipinski definition) is 4. The molecule has 0 aromatic heterocycles. The number of aliphatic hydroxyl groups is 2. The van der Waals surface area contributed by atoms with Gasteiger partial charge in [0.1, 0.15) is 5.78 Å². The Kier molecular flexibility index (Phi) is 6.96. The average Bonchev–Trinajstić information content (AvgIpc) is 2.14. The Morgan fingerprint density at radius 1 is 1.29 bits per heavy atom. The van der Waals surface area contributed by atoms with Gasteiger partial charge < -0.3 is 15.5 Å². The number of nitrogens with one attached hydrogen (secondary N) is 1. The van der Waals surface area contributed by atoms with Gasteiger partial charge >= 0.3 is 0 Å². The van der Waals surface area contributed by atoms with Gasteiger partial charge in [-0.2, -0.15) is 0 Å². The van der Waals surface area contributed by atoms with Crippen molar-refractivity contribution < 1.29 is 19.8 Å². The van der Waals surface area contributed by atoms with E-state index in [0.29, 0.717) is 6.42 Å². The van der Waals surface area contributed by atoms with E-state index < -0.39 is 5.92 Å². The van der Waals surface area contributed by atoms with Gasteiger partial charge in [0.25, 0.3) is 0 Å². The van der Waals surface area contributed by atoms with E-state index >= 15 is 0 Å². The van der Waals surface area contributed by atoms with Gasteiger partial charge in [0.2, 0.25) is 5.91 Å². The number of hydrogen-bond donors (Lipinski definition) is 3. The zero-order valence-corrected chi connectivity index (χ0v) is 8.32.